The summed E-state index contributed by atoms with van der Waals surface area (Å²) >= 11 is 0. The second-order valence-electron chi connectivity index (χ2n) is 6.47. The number of carbonyl (C=O) groups excluding carboxylic acids is 1. The van der Waals surface area contributed by atoms with Crippen molar-refractivity contribution in [3.63, 3.8) is 0 Å². The first-order valence-corrected chi connectivity index (χ1v) is 8.70. The second kappa shape index (κ2) is 9.02. The molecule has 1 aromatic carbocycles. The van der Waals surface area contributed by atoms with Gasteiger partial charge in [0, 0.05) is 32.4 Å². The van der Waals surface area contributed by atoms with Crippen LogP contribution in [0.1, 0.15) is 24.5 Å². The predicted octanol–water partition coefficient (Wildman–Crippen LogP) is 1.24. The van der Waals surface area contributed by atoms with Crippen molar-refractivity contribution >= 4 is 12.0 Å². The number of aromatic nitrogens is 2. The number of aryl methyl sites for hydroxylation is 2. The van der Waals surface area contributed by atoms with Gasteiger partial charge in [-0.15, -0.1) is 0 Å². The quantitative estimate of drug-likeness (QED) is 0.743. The molecule has 0 radical (unpaired) electrons. The van der Waals surface area contributed by atoms with Gasteiger partial charge in [0.1, 0.15) is 5.75 Å². The van der Waals surface area contributed by atoms with E-state index in [1.165, 1.54) is 35.5 Å². The van der Waals surface area contributed by atoms with Gasteiger partial charge >= 0.3 is 5.69 Å². The number of nitrogens with one attached hydrogen (secondary N) is 1. The van der Waals surface area contributed by atoms with Crippen molar-refractivity contribution < 1.29 is 9.53 Å². The van der Waals surface area contributed by atoms with Crippen LogP contribution in [0.4, 0.5) is 0 Å². The summed E-state index contributed by atoms with van der Waals surface area (Å²) in [5.41, 5.74) is 0.602. The summed E-state index contributed by atoms with van der Waals surface area (Å²) in [5.74, 6) is 0.530. The number of rotatable bonds is 7. The Bertz CT molecular complexity index is 939. The number of carbonyl (C=O) groups is 1. The fraction of sp³-hybridized carbons (Fsp3) is 0.350. The summed E-state index contributed by atoms with van der Waals surface area (Å²) in [7, 11) is 4.59. The molecule has 1 heterocycles. The number of hydrogen-bond donors (Lipinski definition) is 1. The molecule has 0 saturated heterocycles. The van der Waals surface area contributed by atoms with Crippen LogP contribution in [-0.2, 0) is 25.3 Å². The third-order valence-electron chi connectivity index (χ3n) is 4.30. The highest BCUT2D eigenvalue weighted by Gasteiger charge is 2.07. The molecule has 0 aliphatic rings. The minimum Gasteiger partial charge on any atom is -0.497 e. The van der Waals surface area contributed by atoms with E-state index in [9.17, 15) is 14.4 Å². The number of ether oxygens (including phenoxy) is 1. The molecule has 2 aromatic rings. The van der Waals surface area contributed by atoms with Crippen LogP contribution < -0.4 is 21.3 Å². The van der Waals surface area contributed by atoms with Crippen molar-refractivity contribution in [1.82, 2.24) is 14.5 Å². The maximum absolute atomic E-state index is 12.1. The van der Waals surface area contributed by atoms with Crippen LogP contribution in [0.5, 0.6) is 5.75 Å². The van der Waals surface area contributed by atoms with Gasteiger partial charge < -0.3 is 14.6 Å². The summed E-state index contributed by atoms with van der Waals surface area (Å²) in [6.07, 6.45) is 5.77. The summed E-state index contributed by atoms with van der Waals surface area (Å²) in [4.78, 5) is 35.8. The normalized spacial score (nSPS) is 12.1. The Hall–Kier alpha value is -3.09. The zero-order valence-corrected chi connectivity index (χ0v) is 16.1. The van der Waals surface area contributed by atoms with E-state index in [1.54, 1.807) is 14.2 Å². The average molecular weight is 371 g/mol. The first-order chi connectivity index (χ1) is 12.8. The Balaban J connectivity index is 1.92. The molecule has 1 unspecified atom stereocenters. The topological polar surface area (TPSA) is 82.3 Å². The average Bonchev–Trinajstić information content (AvgIpc) is 2.66. The molecule has 2 rings (SSSR count). The van der Waals surface area contributed by atoms with Crippen LogP contribution in [0, 0.1) is 0 Å². The van der Waals surface area contributed by atoms with Gasteiger partial charge in [-0.3, -0.25) is 14.2 Å². The molecule has 0 aliphatic carbocycles. The predicted molar refractivity (Wildman–Crippen MR) is 105 cm³/mol. The molecule has 1 amide bonds. The highest BCUT2D eigenvalue weighted by atomic mass is 16.5. The number of benzene rings is 1. The second-order valence-corrected chi connectivity index (χ2v) is 6.47. The monoisotopic (exact) mass is 371 g/mol. The Morgan fingerprint density at radius 1 is 1.22 bits per heavy atom. The largest absolute Gasteiger partial charge is 0.497 e. The number of nitrogens with zero attached hydrogens (tertiary/aromatic N) is 2. The van der Waals surface area contributed by atoms with Gasteiger partial charge in [0.2, 0.25) is 5.91 Å². The molecule has 1 atom stereocenters. The number of methoxy groups -OCH3 is 1. The Kier molecular flexibility index (Phi) is 6.76. The summed E-state index contributed by atoms with van der Waals surface area (Å²) in [6, 6.07) is 7.81. The molecule has 144 valence electrons. The molecule has 27 heavy (non-hydrogen) atoms. The molecular weight excluding hydrogens is 346 g/mol. The summed E-state index contributed by atoms with van der Waals surface area (Å²) in [5, 5.41) is 2.88. The molecule has 0 saturated carbocycles. The lowest BCUT2D eigenvalue weighted by atomic mass is 10.1. The number of hydrogen-bond acceptors (Lipinski definition) is 4. The molecule has 7 heteroatoms. The SMILES string of the molecule is COc1ccc(CCC(C)NC(=O)/C=C/c2cn(C)c(=O)n(C)c2=O)cc1. The van der Waals surface area contributed by atoms with Crippen LogP contribution in [0.2, 0.25) is 0 Å². The molecule has 0 fully saturated rings. The minimum atomic E-state index is -0.435. The highest BCUT2D eigenvalue weighted by molar-refractivity contribution is 5.91. The van der Waals surface area contributed by atoms with Gasteiger partial charge in [-0.05, 0) is 43.5 Å². The van der Waals surface area contributed by atoms with Crippen molar-refractivity contribution in [3.8, 4) is 5.75 Å². The molecule has 1 N–H and O–H groups in total. The van der Waals surface area contributed by atoms with E-state index in [0.717, 1.165) is 23.2 Å². The third kappa shape index (κ3) is 5.44. The van der Waals surface area contributed by atoms with Gasteiger partial charge in [-0.1, -0.05) is 12.1 Å². The van der Waals surface area contributed by atoms with Crippen LogP contribution in [0.25, 0.3) is 6.08 Å². The number of amides is 1. The van der Waals surface area contributed by atoms with Crippen LogP contribution in [-0.4, -0.2) is 28.2 Å². The summed E-state index contributed by atoms with van der Waals surface area (Å²) < 4.78 is 7.44. The Morgan fingerprint density at radius 3 is 2.52 bits per heavy atom. The molecule has 0 aliphatic heterocycles. The molecule has 1 aromatic heterocycles. The van der Waals surface area contributed by atoms with E-state index in [4.69, 9.17) is 4.74 Å². The maximum atomic E-state index is 12.1. The zero-order valence-electron chi connectivity index (χ0n) is 16.1. The van der Waals surface area contributed by atoms with Crippen molar-refractivity contribution in [1.29, 1.82) is 0 Å². The Labute approximate surface area is 157 Å². The van der Waals surface area contributed by atoms with Gasteiger partial charge in [0.25, 0.3) is 5.56 Å². The highest BCUT2D eigenvalue weighted by Crippen LogP contribution is 2.13. The lowest BCUT2D eigenvalue weighted by Gasteiger charge is -2.12. The van der Waals surface area contributed by atoms with Crippen molar-refractivity contribution in [3.05, 3.63) is 68.5 Å². The lowest BCUT2D eigenvalue weighted by molar-refractivity contribution is -0.117. The summed E-state index contributed by atoms with van der Waals surface area (Å²) in [6.45, 7) is 1.93. The van der Waals surface area contributed by atoms with Crippen molar-refractivity contribution in [2.45, 2.75) is 25.8 Å². The van der Waals surface area contributed by atoms with E-state index in [2.05, 4.69) is 5.32 Å². The fourth-order valence-electron chi connectivity index (χ4n) is 2.65. The molecule has 7 nitrogen and oxygen atoms in total. The fourth-order valence-corrected chi connectivity index (χ4v) is 2.65. The van der Waals surface area contributed by atoms with E-state index in [0.29, 0.717) is 0 Å². The minimum absolute atomic E-state index is 0.0211. The van der Waals surface area contributed by atoms with E-state index < -0.39 is 11.2 Å². The Morgan fingerprint density at radius 2 is 1.89 bits per heavy atom. The first-order valence-electron chi connectivity index (χ1n) is 8.70. The standard InChI is InChI=1S/C20H25N3O4/c1-14(5-6-15-7-10-17(27-4)11-8-15)21-18(24)12-9-16-13-22(2)20(26)23(3)19(16)25/h7-14H,5-6H2,1-4H3,(H,21,24)/b12-9+. The zero-order chi connectivity index (χ0) is 20.0. The van der Waals surface area contributed by atoms with Crippen LogP contribution in [0.3, 0.4) is 0 Å². The third-order valence-corrected chi connectivity index (χ3v) is 4.30. The van der Waals surface area contributed by atoms with Crippen molar-refractivity contribution in [2.24, 2.45) is 14.1 Å². The smallest absolute Gasteiger partial charge is 0.330 e. The molecular formula is C20H25N3O4. The van der Waals surface area contributed by atoms with Gasteiger partial charge in [0.15, 0.2) is 0 Å². The maximum Gasteiger partial charge on any atom is 0.330 e. The van der Waals surface area contributed by atoms with Crippen LogP contribution in [0.15, 0.2) is 46.1 Å². The van der Waals surface area contributed by atoms with E-state index in [1.807, 2.05) is 31.2 Å². The van der Waals surface area contributed by atoms with Gasteiger partial charge in [0.05, 0.1) is 12.7 Å². The van der Waals surface area contributed by atoms with Crippen molar-refractivity contribution in [2.75, 3.05) is 7.11 Å². The van der Waals surface area contributed by atoms with Gasteiger partial charge in [-0.2, -0.15) is 0 Å². The first kappa shape index (κ1) is 20.2. The lowest BCUT2D eigenvalue weighted by Crippen LogP contribution is -2.37. The van der Waals surface area contributed by atoms with E-state index >= 15 is 0 Å². The molecule has 0 bridgehead atoms. The van der Waals surface area contributed by atoms with E-state index in [-0.39, 0.29) is 17.5 Å². The van der Waals surface area contributed by atoms with Gasteiger partial charge in [-0.25, -0.2) is 4.79 Å². The van der Waals surface area contributed by atoms with Crippen LogP contribution >= 0.6 is 0 Å². The molecule has 0 spiro atoms.